The molecule has 0 unspecified atom stereocenters. The van der Waals surface area contributed by atoms with Crippen LogP contribution in [0.1, 0.15) is 12.0 Å². The Balaban J connectivity index is 1.72. The van der Waals surface area contributed by atoms with Crippen LogP contribution in [0.2, 0.25) is 0 Å². The molecule has 0 radical (unpaired) electrons. The van der Waals surface area contributed by atoms with Crippen molar-refractivity contribution in [2.45, 2.75) is 12.8 Å². The number of benzene rings is 3. The van der Waals surface area contributed by atoms with E-state index in [1.54, 1.807) is 0 Å². The Labute approximate surface area is 134 Å². The molecule has 0 aromatic heterocycles. The van der Waals surface area contributed by atoms with Crippen LogP contribution in [-0.4, -0.2) is 6.16 Å². The van der Waals surface area contributed by atoms with E-state index in [-0.39, 0.29) is 7.92 Å². The van der Waals surface area contributed by atoms with Gasteiger partial charge in [0, 0.05) is 0 Å². The van der Waals surface area contributed by atoms with Crippen molar-refractivity contribution in [1.29, 1.82) is 0 Å². The van der Waals surface area contributed by atoms with Gasteiger partial charge in [0.25, 0.3) is 0 Å². The highest BCUT2D eigenvalue weighted by molar-refractivity contribution is 7.73. The lowest BCUT2D eigenvalue weighted by atomic mass is 10.1. The molecule has 0 aliphatic rings. The lowest BCUT2D eigenvalue weighted by molar-refractivity contribution is 0.930. The van der Waals surface area contributed by atoms with Crippen LogP contribution in [0.15, 0.2) is 91.0 Å². The van der Waals surface area contributed by atoms with Gasteiger partial charge in [-0.15, -0.1) is 0 Å². The molecule has 0 aliphatic carbocycles. The molecule has 1 heteroatoms. The molecule has 0 N–H and O–H groups in total. The summed E-state index contributed by atoms with van der Waals surface area (Å²) < 4.78 is 0. The molecule has 0 atom stereocenters. The quantitative estimate of drug-likeness (QED) is 0.576. The molecule has 0 aliphatic heterocycles. The minimum atomic E-state index is -0.247. The average molecular weight is 304 g/mol. The minimum Gasteiger partial charge on any atom is -0.0622 e. The molecule has 3 aromatic carbocycles. The van der Waals surface area contributed by atoms with Crippen LogP contribution in [-0.2, 0) is 6.42 Å². The molecule has 0 spiro atoms. The normalized spacial score (nSPS) is 10.8. The molecule has 0 saturated carbocycles. The Morgan fingerprint density at radius 1 is 0.545 bits per heavy atom. The van der Waals surface area contributed by atoms with E-state index in [4.69, 9.17) is 0 Å². The zero-order valence-electron chi connectivity index (χ0n) is 12.7. The van der Waals surface area contributed by atoms with Crippen molar-refractivity contribution in [2.75, 3.05) is 6.16 Å². The summed E-state index contributed by atoms with van der Waals surface area (Å²) in [7, 11) is -0.247. The Hall–Kier alpha value is -1.91. The maximum Gasteiger partial charge on any atom is -0.0195 e. The van der Waals surface area contributed by atoms with Gasteiger partial charge >= 0.3 is 0 Å². The molecule has 3 rings (SSSR count). The predicted molar refractivity (Wildman–Crippen MR) is 98.7 cm³/mol. The van der Waals surface area contributed by atoms with Crippen molar-refractivity contribution in [3.63, 3.8) is 0 Å². The maximum atomic E-state index is 2.28. The highest BCUT2D eigenvalue weighted by Gasteiger charge is 2.12. The summed E-state index contributed by atoms with van der Waals surface area (Å²) >= 11 is 0. The van der Waals surface area contributed by atoms with Gasteiger partial charge in [-0.1, -0.05) is 91.0 Å². The topological polar surface area (TPSA) is 0 Å². The van der Waals surface area contributed by atoms with Crippen LogP contribution < -0.4 is 10.6 Å². The molecule has 0 amide bonds. The van der Waals surface area contributed by atoms with Crippen molar-refractivity contribution < 1.29 is 0 Å². The van der Waals surface area contributed by atoms with Gasteiger partial charge in [-0.25, -0.2) is 0 Å². The average Bonchev–Trinajstić information content (AvgIpc) is 2.61. The molecule has 0 saturated heterocycles. The van der Waals surface area contributed by atoms with E-state index in [9.17, 15) is 0 Å². The second kappa shape index (κ2) is 7.92. The third-order valence-electron chi connectivity index (χ3n) is 3.83. The second-order valence-corrected chi connectivity index (χ2v) is 7.75. The first-order valence-electron chi connectivity index (χ1n) is 7.85. The number of hydrogen-bond acceptors (Lipinski definition) is 0. The van der Waals surface area contributed by atoms with Crippen LogP contribution in [0.25, 0.3) is 0 Å². The summed E-state index contributed by atoms with van der Waals surface area (Å²) in [5.74, 6) is 0. The fourth-order valence-electron chi connectivity index (χ4n) is 2.71. The van der Waals surface area contributed by atoms with E-state index in [1.165, 1.54) is 35.2 Å². The van der Waals surface area contributed by atoms with Crippen molar-refractivity contribution in [3.05, 3.63) is 96.6 Å². The molecule has 22 heavy (non-hydrogen) atoms. The lowest BCUT2D eigenvalue weighted by Gasteiger charge is -2.18. The second-order valence-electron chi connectivity index (χ2n) is 5.41. The van der Waals surface area contributed by atoms with Crippen molar-refractivity contribution in [2.24, 2.45) is 0 Å². The van der Waals surface area contributed by atoms with Crippen LogP contribution in [0.3, 0.4) is 0 Å². The molecular formula is C21H21P. The van der Waals surface area contributed by atoms with Crippen LogP contribution in [0.4, 0.5) is 0 Å². The van der Waals surface area contributed by atoms with E-state index in [2.05, 4.69) is 91.0 Å². The standard InChI is InChI=1S/C21H21P/c1-4-11-19(12-5-1)13-10-18-22(20-14-6-2-7-15-20)21-16-8-3-9-17-21/h1-9,11-12,14-17H,10,13,18H2. The van der Waals surface area contributed by atoms with Gasteiger partial charge in [-0.2, -0.15) is 0 Å². The fourth-order valence-corrected chi connectivity index (χ4v) is 5.06. The van der Waals surface area contributed by atoms with Crippen molar-refractivity contribution >= 4 is 18.5 Å². The monoisotopic (exact) mass is 304 g/mol. The first kappa shape index (κ1) is 15.0. The summed E-state index contributed by atoms with van der Waals surface area (Å²) in [6.45, 7) is 0. The zero-order valence-corrected chi connectivity index (χ0v) is 13.6. The lowest BCUT2D eigenvalue weighted by Crippen LogP contribution is -2.14. The Morgan fingerprint density at radius 2 is 1.00 bits per heavy atom. The fraction of sp³-hybridized carbons (Fsp3) is 0.143. The molecule has 0 fully saturated rings. The predicted octanol–water partition coefficient (Wildman–Crippen LogP) is 4.75. The largest absolute Gasteiger partial charge is 0.0622 e. The Morgan fingerprint density at radius 3 is 1.50 bits per heavy atom. The molecule has 0 bridgehead atoms. The summed E-state index contributed by atoms with van der Waals surface area (Å²) in [6.07, 6.45) is 3.65. The van der Waals surface area contributed by atoms with E-state index in [1.807, 2.05) is 0 Å². The summed E-state index contributed by atoms with van der Waals surface area (Å²) in [5, 5.41) is 2.97. The first-order valence-corrected chi connectivity index (χ1v) is 9.38. The maximum absolute atomic E-state index is 2.28. The van der Waals surface area contributed by atoms with Gasteiger partial charge in [0.2, 0.25) is 0 Å². The summed E-state index contributed by atoms with van der Waals surface area (Å²) in [5.41, 5.74) is 1.44. The number of aryl methyl sites for hydroxylation is 1. The molecular weight excluding hydrogens is 283 g/mol. The molecule has 110 valence electrons. The number of rotatable bonds is 6. The third-order valence-corrected chi connectivity index (χ3v) is 6.43. The van der Waals surface area contributed by atoms with E-state index >= 15 is 0 Å². The van der Waals surface area contributed by atoms with Gasteiger partial charge in [-0.05, 0) is 43.1 Å². The summed E-state index contributed by atoms with van der Waals surface area (Å²) in [6, 6.07) is 32.8. The van der Waals surface area contributed by atoms with Gasteiger partial charge in [0.05, 0.1) is 0 Å². The van der Waals surface area contributed by atoms with Crippen LogP contribution in [0, 0.1) is 0 Å². The van der Waals surface area contributed by atoms with Gasteiger partial charge in [-0.3, -0.25) is 0 Å². The van der Waals surface area contributed by atoms with E-state index < -0.39 is 0 Å². The molecule has 3 aromatic rings. The molecule has 0 nitrogen and oxygen atoms in total. The highest BCUT2D eigenvalue weighted by atomic mass is 31.1. The minimum absolute atomic E-state index is 0.247. The SMILES string of the molecule is c1ccc(CCCP(c2ccccc2)c2ccccc2)cc1. The Kier molecular flexibility index (Phi) is 5.40. The van der Waals surface area contributed by atoms with E-state index in [0.717, 1.165) is 0 Å². The van der Waals surface area contributed by atoms with Gasteiger partial charge in [0.1, 0.15) is 0 Å². The number of hydrogen-bond donors (Lipinski definition) is 0. The third kappa shape index (κ3) is 4.06. The zero-order chi connectivity index (χ0) is 15.0. The summed E-state index contributed by atoms with van der Waals surface area (Å²) in [4.78, 5) is 0. The molecule has 0 heterocycles. The highest BCUT2D eigenvalue weighted by Crippen LogP contribution is 2.34. The smallest absolute Gasteiger partial charge is 0.0195 e. The van der Waals surface area contributed by atoms with E-state index in [0.29, 0.717) is 0 Å². The Bertz CT molecular complexity index is 623. The van der Waals surface area contributed by atoms with Gasteiger partial charge < -0.3 is 0 Å². The van der Waals surface area contributed by atoms with Crippen molar-refractivity contribution in [3.8, 4) is 0 Å². The van der Waals surface area contributed by atoms with Gasteiger partial charge in [0.15, 0.2) is 0 Å². The first-order chi connectivity index (χ1) is 10.9. The van der Waals surface area contributed by atoms with Crippen LogP contribution in [0.5, 0.6) is 0 Å². The van der Waals surface area contributed by atoms with Crippen LogP contribution >= 0.6 is 7.92 Å². The van der Waals surface area contributed by atoms with Crippen molar-refractivity contribution in [1.82, 2.24) is 0 Å².